The maximum absolute atomic E-state index is 6.04. The number of aromatic nitrogens is 1. The van der Waals surface area contributed by atoms with Gasteiger partial charge in [0.25, 0.3) is 0 Å². The zero-order chi connectivity index (χ0) is 10.8. The summed E-state index contributed by atoms with van der Waals surface area (Å²) in [6.45, 7) is 2.75. The first-order valence-electron chi connectivity index (χ1n) is 4.65. The van der Waals surface area contributed by atoms with E-state index < -0.39 is 0 Å². The molecule has 1 aliphatic heterocycles. The smallest absolute Gasteiger partial charge is 0.0956 e. The van der Waals surface area contributed by atoms with Crippen LogP contribution in [0.15, 0.2) is 24.7 Å². The van der Waals surface area contributed by atoms with Gasteiger partial charge in [-0.3, -0.25) is 4.98 Å². The third kappa shape index (κ3) is 2.36. The summed E-state index contributed by atoms with van der Waals surface area (Å²) in [6, 6.07) is 1.71. The minimum Gasteiger partial charge on any atom is -0.370 e. The van der Waals surface area contributed by atoms with Gasteiger partial charge < -0.3 is 10.2 Å². The van der Waals surface area contributed by atoms with E-state index in [-0.39, 0.29) is 6.17 Å². The zero-order valence-corrected chi connectivity index (χ0v) is 9.76. The molecular weight excluding hydrogens is 233 g/mol. The number of nitrogens with zero attached hydrogens (tertiary/aromatic N) is 2. The van der Waals surface area contributed by atoms with Gasteiger partial charge >= 0.3 is 0 Å². The molecule has 0 amide bonds. The van der Waals surface area contributed by atoms with Crippen LogP contribution in [0.2, 0.25) is 10.0 Å². The van der Waals surface area contributed by atoms with Crippen molar-refractivity contribution < 1.29 is 0 Å². The van der Waals surface area contributed by atoms with E-state index in [1.165, 1.54) is 0 Å². The van der Waals surface area contributed by atoms with Crippen molar-refractivity contribution in [2.24, 2.45) is 0 Å². The van der Waals surface area contributed by atoms with Crippen molar-refractivity contribution in [1.29, 1.82) is 0 Å². The van der Waals surface area contributed by atoms with Crippen molar-refractivity contribution in [2.45, 2.75) is 19.6 Å². The van der Waals surface area contributed by atoms with Crippen LogP contribution in [-0.4, -0.2) is 16.0 Å². The van der Waals surface area contributed by atoms with Crippen LogP contribution in [0.4, 0.5) is 0 Å². The van der Waals surface area contributed by atoms with E-state index in [1.54, 1.807) is 12.3 Å². The van der Waals surface area contributed by atoms with E-state index >= 15 is 0 Å². The Morgan fingerprint density at radius 3 is 2.93 bits per heavy atom. The topological polar surface area (TPSA) is 28.2 Å². The summed E-state index contributed by atoms with van der Waals surface area (Å²) < 4.78 is 0. The summed E-state index contributed by atoms with van der Waals surface area (Å²) in [5, 5.41) is 4.34. The molecule has 0 saturated carbocycles. The molecule has 2 heterocycles. The Morgan fingerprint density at radius 2 is 2.33 bits per heavy atom. The molecule has 1 N–H and O–H groups in total. The first kappa shape index (κ1) is 10.6. The summed E-state index contributed by atoms with van der Waals surface area (Å²) in [4.78, 5) is 6.32. The quantitative estimate of drug-likeness (QED) is 0.866. The molecule has 2 rings (SSSR count). The van der Waals surface area contributed by atoms with Crippen LogP contribution >= 0.6 is 23.2 Å². The molecule has 1 atom stereocenters. The van der Waals surface area contributed by atoms with E-state index in [1.807, 2.05) is 12.4 Å². The number of pyridine rings is 1. The Morgan fingerprint density at radius 1 is 1.53 bits per heavy atom. The summed E-state index contributed by atoms with van der Waals surface area (Å²) in [7, 11) is 0. The second kappa shape index (κ2) is 4.29. The van der Waals surface area contributed by atoms with Crippen molar-refractivity contribution in [3.05, 3.63) is 40.4 Å². The van der Waals surface area contributed by atoms with Crippen LogP contribution in [0.5, 0.6) is 0 Å². The number of hydrogen-bond acceptors (Lipinski definition) is 3. The van der Waals surface area contributed by atoms with Gasteiger partial charge in [-0.15, -0.1) is 0 Å². The summed E-state index contributed by atoms with van der Waals surface area (Å²) in [6.07, 6.45) is 5.78. The molecule has 0 bridgehead atoms. The number of halogens is 2. The minimum absolute atomic E-state index is 0.276. The molecule has 1 aromatic rings. The van der Waals surface area contributed by atoms with Gasteiger partial charge in [-0.25, -0.2) is 0 Å². The molecule has 5 heteroatoms. The predicted molar refractivity (Wildman–Crippen MR) is 61.5 cm³/mol. The van der Waals surface area contributed by atoms with Crippen molar-refractivity contribution in [2.75, 3.05) is 0 Å². The molecule has 0 aromatic carbocycles. The SMILES string of the molecule is CC1NC=CN1Cc1ncc(Cl)cc1Cl. The van der Waals surface area contributed by atoms with Crippen LogP contribution in [0, 0.1) is 0 Å². The average molecular weight is 244 g/mol. The molecule has 1 unspecified atom stereocenters. The second-order valence-corrected chi connectivity index (χ2v) is 4.26. The minimum atomic E-state index is 0.276. The van der Waals surface area contributed by atoms with Crippen LogP contribution < -0.4 is 5.32 Å². The molecule has 0 saturated heterocycles. The number of nitrogens with one attached hydrogen (secondary N) is 1. The normalized spacial score (nSPS) is 19.4. The summed E-state index contributed by atoms with van der Waals surface area (Å²) in [5.41, 5.74) is 0.835. The largest absolute Gasteiger partial charge is 0.370 e. The van der Waals surface area contributed by atoms with Crippen molar-refractivity contribution in [3.8, 4) is 0 Å². The van der Waals surface area contributed by atoms with Crippen LogP contribution in [0.1, 0.15) is 12.6 Å². The highest BCUT2D eigenvalue weighted by molar-refractivity contribution is 6.34. The molecule has 15 heavy (non-hydrogen) atoms. The van der Waals surface area contributed by atoms with Gasteiger partial charge in [-0.1, -0.05) is 23.2 Å². The standard InChI is InChI=1S/C10H11Cl2N3/c1-7-13-2-3-15(7)6-10-9(12)4-8(11)5-14-10/h2-5,7,13H,6H2,1H3. The monoisotopic (exact) mass is 243 g/mol. The molecular formula is C10H11Cl2N3. The van der Waals surface area contributed by atoms with E-state index in [2.05, 4.69) is 22.1 Å². The summed E-state index contributed by atoms with van der Waals surface area (Å²) in [5.74, 6) is 0. The average Bonchev–Trinajstić information content (AvgIpc) is 2.57. The highest BCUT2D eigenvalue weighted by Gasteiger charge is 2.15. The number of hydrogen-bond donors (Lipinski definition) is 1. The van der Waals surface area contributed by atoms with Crippen molar-refractivity contribution in [3.63, 3.8) is 0 Å². The van der Waals surface area contributed by atoms with Gasteiger partial charge in [0.2, 0.25) is 0 Å². The highest BCUT2D eigenvalue weighted by Crippen LogP contribution is 2.21. The first-order valence-corrected chi connectivity index (χ1v) is 5.41. The number of rotatable bonds is 2. The van der Waals surface area contributed by atoms with Crippen molar-refractivity contribution >= 4 is 23.2 Å². The molecule has 3 nitrogen and oxygen atoms in total. The Labute approximate surface area is 98.7 Å². The fourth-order valence-electron chi connectivity index (χ4n) is 1.42. The van der Waals surface area contributed by atoms with E-state index in [9.17, 15) is 0 Å². The molecule has 1 aliphatic rings. The molecule has 0 spiro atoms. The fourth-order valence-corrected chi connectivity index (χ4v) is 1.86. The summed E-state index contributed by atoms with van der Waals surface area (Å²) >= 11 is 11.8. The van der Waals surface area contributed by atoms with Crippen LogP contribution in [0.3, 0.4) is 0 Å². The van der Waals surface area contributed by atoms with E-state index in [0.29, 0.717) is 16.6 Å². The van der Waals surface area contributed by atoms with Gasteiger partial charge in [-0.2, -0.15) is 0 Å². The molecule has 0 aliphatic carbocycles. The molecule has 1 aromatic heterocycles. The lowest BCUT2D eigenvalue weighted by Gasteiger charge is -2.21. The molecule has 80 valence electrons. The fraction of sp³-hybridized carbons (Fsp3) is 0.300. The van der Waals surface area contributed by atoms with Gasteiger partial charge in [0.1, 0.15) is 0 Å². The van der Waals surface area contributed by atoms with Crippen LogP contribution in [0.25, 0.3) is 0 Å². The van der Waals surface area contributed by atoms with Crippen LogP contribution in [-0.2, 0) is 6.54 Å². The van der Waals surface area contributed by atoms with Gasteiger partial charge in [-0.05, 0) is 13.0 Å². The molecule has 0 radical (unpaired) electrons. The second-order valence-electron chi connectivity index (χ2n) is 3.41. The molecule has 0 fully saturated rings. The van der Waals surface area contributed by atoms with Crippen molar-refractivity contribution in [1.82, 2.24) is 15.2 Å². The zero-order valence-electron chi connectivity index (χ0n) is 8.24. The van der Waals surface area contributed by atoms with E-state index in [0.717, 1.165) is 5.69 Å². The van der Waals surface area contributed by atoms with Gasteiger partial charge in [0, 0.05) is 18.6 Å². The van der Waals surface area contributed by atoms with Gasteiger partial charge in [0.05, 0.1) is 28.4 Å². The Kier molecular flexibility index (Phi) is 3.03. The Balaban J connectivity index is 2.13. The highest BCUT2D eigenvalue weighted by atomic mass is 35.5. The third-order valence-electron chi connectivity index (χ3n) is 2.32. The third-order valence-corrected chi connectivity index (χ3v) is 2.85. The lowest BCUT2D eigenvalue weighted by Crippen LogP contribution is -2.31. The lowest BCUT2D eigenvalue weighted by atomic mass is 10.3. The first-order chi connectivity index (χ1) is 7.16. The Bertz CT molecular complexity index is 392. The lowest BCUT2D eigenvalue weighted by molar-refractivity contribution is 0.287. The maximum Gasteiger partial charge on any atom is 0.0956 e. The van der Waals surface area contributed by atoms with Gasteiger partial charge in [0.15, 0.2) is 0 Å². The maximum atomic E-state index is 6.04. The Hall–Kier alpha value is -0.930. The predicted octanol–water partition coefficient (Wildman–Crippen LogP) is 2.61. The van der Waals surface area contributed by atoms with E-state index in [4.69, 9.17) is 23.2 Å².